The molecule has 78 valence electrons. The first-order valence-electron chi connectivity index (χ1n) is 4.71. The molecule has 0 aliphatic rings. The molecule has 5 nitrogen and oxygen atoms in total. The number of rotatable bonds is 3. The van der Waals surface area contributed by atoms with Crippen LogP contribution in [0.5, 0.6) is 0 Å². The molecular formula is C10H13N5. The lowest BCUT2D eigenvalue weighted by Gasteiger charge is -2.04. The maximum atomic E-state index is 5.57. The lowest BCUT2D eigenvalue weighted by molar-refractivity contribution is 1.04. The Bertz CT molecular complexity index is 449. The van der Waals surface area contributed by atoms with E-state index in [-0.39, 0.29) is 0 Å². The zero-order chi connectivity index (χ0) is 10.7. The standard InChI is InChI=1S/C10H13N5/c1-7-8(6-13-15-7)5-12-10-4-2-3-9(11)14-10/h2-4,6H,5H2,1H3,(H,13,15)(H3,11,12,14). The van der Waals surface area contributed by atoms with E-state index in [2.05, 4.69) is 20.5 Å². The molecule has 0 amide bonds. The van der Waals surface area contributed by atoms with Crippen LogP contribution in [-0.4, -0.2) is 15.2 Å². The number of H-pyrrole nitrogens is 1. The van der Waals surface area contributed by atoms with E-state index < -0.39 is 0 Å². The van der Waals surface area contributed by atoms with Crippen molar-refractivity contribution in [3.05, 3.63) is 35.7 Å². The van der Waals surface area contributed by atoms with E-state index in [1.165, 1.54) is 0 Å². The molecule has 5 heteroatoms. The van der Waals surface area contributed by atoms with E-state index in [0.717, 1.165) is 17.1 Å². The quantitative estimate of drug-likeness (QED) is 0.702. The number of aromatic amines is 1. The minimum Gasteiger partial charge on any atom is -0.384 e. The van der Waals surface area contributed by atoms with Gasteiger partial charge in [-0.2, -0.15) is 5.10 Å². The van der Waals surface area contributed by atoms with E-state index in [1.54, 1.807) is 12.3 Å². The lowest BCUT2D eigenvalue weighted by Crippen LogP contribution is -2.02. The smallest absolute Gasteiger partial charge is 0.128 e. The highest BCUT2D eigenvalue weighted by Gasteiger charge is 2.00. The number of aryl methyl sites for hydroxylation is 1. The Kier molecular flexibility index (Phi) is 2.53. The van der Waals surface area contributed by atoms with Crippen molar-refractivity contribution in [2.24, 2.45) is 0 Å². The van der Waals surface area contributed by atoms with E-state index in [9.17, 15) is 0 Å². The van der Waals surface area contributed by atoms with E-state index in [0.29, 0.717) is 12.4 Å². The van der Waals surface area contributed by atoms with Crippen LogP contribution in [0.3, 0.4) is 0 Å². The molecule has 15 heavy (non-hydrogen) atoms. The summed E-state index contributed by atoms with van der Waals surface area (Å²) in [6.07, 6.45) is 1.80. The number of anilines is 2. The van der Waals surface area contributed by atoms with E-state index in [4.69, 9.17) is 5.73 Å². The van der Waals surface area contributed by atoms with Crippen molar-refractivity contribution in [2.45, 2.75) is 13.5 Å². The SMILES string of the molecule is Cc1[nH]ncc1CNc1cccc(N)n1. The molecule has 2 aromatic heterocycles. The van der Waals surface area contributed by atoms with Crippen LogP contribution in [0.1, 0.15) is 11.3 Å². The van der Waals surface area contributed by atoms with Crippen molar-refractivity contribution < 1.29 is 0 Å². The second kappa shape index (κ2) is 4.00. The minimum absolute atomic E-state index is 0.518. The Morgan fingerprint density at radius 2 is 2.33 bits per heavy atom. The molecule has 2 rings (SSSR count). The predicted molar refractivity (Wildman–Crippen MR) is 59.3 cm³/mol. The molecule has 0 atom stereocenters. The minimum atomic E-state index is 0.518. The summed E-state index contributed by atoms with van der Waals surface area (Å²) in [5, 5.41) is 10.0. The van der Waals surface area contributed by atoms with Gasteiger partial charge in [0.15, 0.2) is 0 Å². The van der Waals surface area contributed by atoms with E-state index in [1.807, 2.05) is 19.1 Å². The summed E-state index contributed by atoms with van der Waals surface area (Å²) >= 11 is 0. The molecule has 0 unspecified atom stereocenters. The maximum Gasteiger partial charge on any atom is 0.128 e. The van der Waals surface area contributed by atoms with Gasteiger partial charge in [-0.05, 0) is 19.1 Å². The molecule has 2 aromatic rings. The number of nitrogens with zero attached hydrogens (tertiary/aromatic N) is 2. The zero-order valence-corrected chi connectivity index (χ0v) is 8.49. The van der Waals surface area contributed by atoms with Gasteiger partial charge in [0.1, 0.15) is 11.6 Å². The molecule has 2 heterocycles. The summed E-state index contributed by atoms with van der Waals surface area (Å²) in [6.45, 7) is 2.68. The van der Waals surface area contributed by atoms with Crippen LogP contribution >= 0.6 is 0 Å². The summed E-state index contributed by atoms with van der Waals surface area (Å²) in [6, 6.07) is 5.51. The third kappa shape index (κ3) is 2.25. The molecule has 4 N–H and O–H groups in total. The van der Waals surface area contributed by atoms with Gasteiger partial charge in [0.2, 0.25) is 0 Å². The number of pyridine rings is 1. The van der Waals surface area contributed by atoms with Crippen LogP contribution in [0.25, 0.3) is 0 Å². The predicted octanol–water partition coefficient (Wildman–Crippen LogP) is 1.31. The van der Waals surface area contributed by atoms with Crippen LogP contribution in [-0.2, 0) is 6.54 Å². The number of nitrogen functional groups attached to an aromatic ring is 1. The van der Waals surface area contributed by atoms with Gasteiger partial charge in [-0.1, -0.05) is 6.07 Å². The van der Waals surface area contributed by atoms with Gasteiger partial charge >= 0.3 is 0 Å². The van der Waals surface area contributed by atoms with Crippen LogP contribution in [0.15, 0.2) is 24.4 Å². The Balaban J connectivity index is 2.02. The highest BCUT2D eigenvalue weighted by atomic mass is 15.1. The fraction of sp³-hybridized carbons (Fsp3) is 0.200. The molecule has 0 bridgehead atoms. The van der Waals surface area contributed by atoms with Gasteiger partial charge in [-0.3, -0.25) is 5.10 Å². The highest BCUT2D eigenvalue weighted by molar-refractivity contribution is 5.42. The highest BCUT2D eigenvalue weighted by Crippen LogP contribution is 2.09. The third-order valence-electron chi connectivity index (χ3n) is 2.16. The first-order valence-corrected chi connectivity index (χ1v) is 4.71. The van der Waals surface area contributed by atoms with Crippen LogP contribution in [0.2, 0.25) is 0 Å². The van der Waals surface area contributed by atoms with E-state index >= 15 is 0 Å². The van der Waals surface area contributed by atoms with Crippen molar-refractivity contribution in [3.63, 3.8) is 0 Å². The Morgan fingerprint density at radius 1 is 1.47 bits per heavy atom. The largest absolute Gasteiger partial charge is 0.384 e. The molecule has 0 aromatic carbocycles. The Morgan fingerprint density at radius 3 is 3.00 bits per heavy atom. The summed E-state index contributed by atoms with van der Waals surface area (Å²) in [7, 11) is 0. The number of nitrogens with one attached hydrogen (secondary N) is 2. The summed E-state index contributed by atoms with van der Waals surface area (Å²) in [5.41, 5.74) is 7.75. The summed E-state index contributed by atoms with van der Waals surface area (Å²) in [5.74, 6) is 1.29. The van der Waals surface area contributed by atoms with Gasteiger partial charge in [0.05, 0.1) is 6.20 Å². The van der Waals surface area contributed by atoms with Crippen molar-refractivity contribution in [3.8, 4) is 0 Å². The number of hydrogen-bond acceptors (Lipinski definition) is 4. The maximum absolute atomic E-state index is 5.57. The Hall–Kier alpha value is -2.04. The fourth-order valence-electron chi connectivity index (χ4n) is 1.29. The van der Waals surface area contributed by atoms with Gasteiger partial charge < -0.3 is 11.1 Å². The Labute approximate surface area is 87.7 Å². The molecule has 0 radical (unpaired) electrons. The molecule has 0 saturated heterocycles. The van der Waals surface area contributed by atoms with Crippen molar-refractivity contribution in [2.75, 3.05) is 11.1 Å². The van der Waals surface area contributed by atoms with Crippen molar-refractivity contribution >= 4 is 11.6 Å². The van der Waals surface area contributed by atoms with Gasteiger partial charge in [0.25, 0.3) is 0 Å². The molecule has 0 saturated carbocycles. The lowest BCUT2D eigenvalue weighted by atomic mass is 10.2. The topological polar surface area (TPSA) is 79.6 Å². The molecule has 0 spiro atoms. The number of nitrogens with two attached hydrogens (primary N) is 1. The van der Waals surface area contributed by atoms with Crippen LogP contribution < -0.4 is 11.1 Å². The molecule has 0 aliphatic heterocycles. The average molecular weight is 203 g/mol. The number of aromatic nitrogens is 3. The first-order chi connectivity index (χ1) is 7.25. The fourth-order valence-corrected chi connectivity index (χ4v) is 1.29. The van der Waals surface area contributed by atoms with Crippen molar-refractivity contribution in [1.29, 1.82) is 0 Å². The monoisotopic (exact) mass is 203 g/mol. The van der Waals surface area contributed by atoms with Gasteiger partial charge in [-0.25, -0.2) is 4.98 Å². The third-order valence-corrected chi connectivity index (χ3v) is 2.16. The van der Waals surface area contributed by atoms with Gasteiger partial charge in [0, 0.05) is 17.8 Å². The number of hydrogen-bond donors (Lipinski definition) is 3. The normalized spacial score (nSPS) is 10.2. The van der Waals surface area contributed by atoms with Crippen LogP contribution in [0.4, 0.5) is 11.6 Å². The molecule has 0 fully saturated rings. The van der Waals surface area contributed by atoms with Crippen LogP contribution in [0, 0.1) is 6.92 Å². The summed E-state index contributed by atoms with van der Waals surface area (Å²) in [4.78, 5) is 4.14. The zero-order valence-electron chi connectivity index (χ0n) is 8.49. The summed E-state index contributed by atoms with van der Waals surface area (Å²) < 4.78 is 0. The molecular weight excluding hydrogens is 190 g/mol. The second-order valence-electron chi connectivity index (χ2n) is 3.32. The van der Waals surface area contributed by atoms with Gasteiger partial charge in [-0.15, -0.1) is 0 Å². The average Bonchev–Trinajstić information content (AvgIpc) is 2.61. The molecule has 0 aliphatic carbocycles. The second-order valence-corrected chi connectivity index (χ2v) is 3.32. The first kappa shape index (κ1) is 9.51. The van der Waals surface area contributed by atoms with Crippen molar-refractivity contribution in [1.82, 2.24) is 15.2 Å².